The summed E-state index contributed by atoms with van der Waals surface area (Å²) < 4.78 is 40.1. The van der Waals surface area contributed by atoms with E-state index < -0.39 is 10.2 Å². The van der Waals surface area contributed by atoms with Crippen LogP contribution < -0.4 is 29.0 Å². The van der Waals surface area contributed by atoms with E-state index >= 15 is 0 Å². The molecule has 160 valence electrons. The van der Waals surface area contributed by atoms with Crippen molar-refractivity contribution in [2.24, 2.45) is 0 Å². The molecule has 0 radical (unpaired) electrons. The van der Waals surface area contributed by atoms with Gasteiger partial charge in [-0.2, -0.15) is 0 Å². The van der Waals surface area contributed by atoms with Crippen molar-refractivity contribution in [1.29, 1.82) is 0 Å². The second-order valence-corrected chi connectivity index (χ2v) is 7.82. The Bertz CT molecular complexity index is 1210. The predicted molar refractivity (Wildman–Crippen MR) is 103 cm³/mol. The average molecular weight is 461 g/mol. The average Bonchev–Trinajstić information content (AvgIpc) is 2.72. The van der Waals surface area contributed by atoms with Gasteiger partial charge in [0.15, 0.2) is 6.54 Å². The van der Waals surface area contributed by atoms with Gasteiger partial charge in [0.2, 0.25) is 5.36 Å². The largest absolute Gasteiger partial charge is 0.456 e. The maximum Gasteiger partial charge on any atom is 0.213 e. The SMILES string of the molecule is Cc1ccc2oc(-c3ccc(Cl)cc3)cc(=[NH+]Cc3cccnc3)c2c1.[O-][Cl+3]([O-])([O-])[O-]. The van der Waals surface area contributed by atoms with Crippen LogP contribution in [0.15, 0.2) is 77.5 Å². The first-order chi connectivity index (χ1) is 14.7. The molecule has 4 rings (SSSR count). The zero-order valence-corrected chi connectivity index (χ0v) is 17.9. The number of benzene rings is 2. The summed E-state index contributed by atoms with van der Waals surface area (Å²) >= 11 is 6.01. The monoisotopic (exact) mass is 460 g/mol. The van der Waals surface area contributed by atoms with Crippen molar-refractivity contribution in [3.63, 3.8) is 0 Å². The topological polar surface area (TPSA) is 132 Å². The fourth-order valence-corrected chi connectivity index (χ4v) is 3.03. The van der Waals surface area contributed by atoms with E-state index in [9.17, 15) is 0 Å². The molecule has 0 fully saturated rings. The van der Waals surface area contributed by atoms with E-state index in [-0.39, 0.29) is 0 Å². The van der Waals surface area contributed by atoms with Gasteiger partial charge in [0.05, 0.1) is 11.5 Å². The van der Waals surface area contributed by atoms with Gasteiger partial charge in [0.25, 0.3) is 0 Å². The molecule has 2 aromatic carbocycles. The summed E-state index contributed by atoms with van der Waals surface area (Å²) in [7, 11) is -4.94. The van der Waals surface area contributed by atoms with Crippen molar-refractivity contribution >= 4 is 22.6 Å². The number of pyridine rings is 1. The number of nitrogens with zero attached hydrogens (tertiary/aromatic N) is 1. The minimum absolute atomic E-state index is 0.695. The van der Waals surface area contributed by atoms with Crippen molar-refractivity contribution in [3.05, 3.63) is 94.6 Å². The Kier molecular flexibility index (Phi) is 7.40. The molecule has 0 bridgehead atoms. The zero-order chi connectivity index (χ0) is 22.4. The minimum Gasteiger partial charge on any atom is -0.456 e. The summed E-state index contributed by atoms with van der Waals surface area (Å²) in [6.07, 6.45) is 3.65. The highest BCUT2D eigenvalue weighted by atomic mass is 35.7. The van der Waals surface area contributed by atoms with Crippen LogP contribution in [0.25, 0.3) is 22.3 Å². The molecule has 0 unspecified atom stereocenters. The first-order valence-corrected chi connectivity index (χ1v) is 10.7. The lowest BCUT2D eigenvalue weighted by molar-refractivity contribution is -2.00. The molecule has 7 nitrogen and oxygen atoms in total. The fraction of sp³-hybridized carbons (Fsp3) is 0.0909. The van der Waals surface area contributed by atoms with Crippen LogP contribution in [0, 0.1) is 17.2 Å². The Morgan fingerprint density at radius 3 is 2.35 bits per heavy atom. The predicted octanol–water partition coefficient (Wildman–Crippen LogP) is -1.12. The van der Waals surface area contributed by atoms with Crippen molar-refractivity contribution in [2.45, 2.75) is 13.5 Å². The number of aryl methyl sites for hydroxylation is 1. The van der Waals surface area contributed by atoms with E-state index in [0.717, 1.165) is 33.2 Å². The van der Waals surface area contributed by atoms with Gasteiger partial charge in [-0.05, 0) is 55.5 Å². The third-order valence-corrected chi connectivity index (χ3v) is 4.51. The second kappa shape index (κ2) is 10.0. The van der Waals surface area contributed by atoms with E-state index in [1.54, 1.807) is 6.20 Å². The number of halogens is 2. The molecule has 2 heterocycles. The van der Waals surface area contributed by atoms with E-state index in [1.807, 2.05) is 48.7 Å². The molecule has 9 heteroatoms. The maximum absolute atomic E-state index is 8.49. The molecule has 1 N–H and O–H groups in total. The maximum atomic E-state index is 8.49. The van der Waals surface area contributed by atoms with Gasteiger partial charge in [0, 0.05) is 28.5 Å². The molecule has 0 aliphatic heterocycles. The first kappa shape index (κ1) is 22.9. The van der Waals surface area contributed by atoms with Gasteiger partial charge in [-0.3, -0.25) is 4.98 Å². The fourth-order valence-electron chi connectivity index (χ4n) is 2.90. The number of fused-ring (bicyclic) bond motifs is 1. The summed E-state index contributed by atoms with van der Waals surface area (Å²) in [4.78, 5) is 7.70. The molecule has 0 amide bonds. The number of hydrogen-bond acceptors (Lipinski definition) is 6. The summed E-state index contributed by atoms with van der Waals surface area (Å²) in [5, 5.41) is 2.80. The van der Waals surface area contributed by atoms with Gasteiger partial charge < -0.3 is 4.42 Å². The van der Waals surface area contributed by atoms with Crippen molar-refractivity contribution in [1.82, 2.24) is 4.98 Å². The molecule has 31 heavy (non-hydrogen) atoms. The Hall–Kier alpha value is -2.78. The van der Waals surface area contributed by atoms with Crippen LogP contribution in [-0.4, -0.2) is 4.98 Å². The molecular weight excluding hydrogens is 443 g/mol. The van der Waals surface area contributed by atoms with E-state index in [1.165, 1.54) is 5.56 Å². The van der Waals surface area contributed by atoms with Crippen LogP contribution in [0.1, 0.15) is 11.1 Å². The van der Waals surface area contributed by atoms with E-state index in [2.05, 4.69) is 35.1 Å². The third kappa shape index (κ3) is 7.15. The first-order valence-electron chi connectivity index (χ1n) is 9.07. The summed E-state index contributed by atoms with van der Waals surface area (Å²) in [5.41, 5.74) is 4.15. The molecule has 0 saturated carbocycles. The van der Waals surface area contributed by atoms with Gasteiger partial charge in [-0.25, -0.2) is 23.6 Å². The number of aromatic nitrogens is 1. The number of nitrogens with one attached hydrogen (secondary N) is 1. The van der Waals surface area contributed by atoms with Crippen LogP contribution in [0.2, 0.25) is 5.02 Å². The molecule has 4 aromatic rings. The molecule has 0 aliphatic carbocycles. The van der Waals surface area contributed by atoms with Crippen LogP contribution in [0.3, 0.4) is 0 Å². The Balaban J connectivity index is 0.000000491. The smallest absolute Gasteiger partial charge is 0.213 e. The summed E-state index contributed by atoms with van der Waals surface area (Å²) in [6, 6.07) is 19.9. The Morgan fingerprint density at radius 1 is 1.00 bits per heavy atom. The second-order valence-electron chi connectivity index (χ2n) is 6.62. The molecule has 0 aliphatic rings. The highest BCUT2D eigenvalue weighted by Gasteiger charge is 2.09. The Morgan fingerprint density at radius 2 is 1.71 bits per heavy atom. The lowest BCUT2D eigenvalue weighted by Gasteiger charge is -2.17. The quantitative estimate of drug-likeness (QED) is 0.411. The van der Waals surface area contributed by atoms with Gasteiger partial charge in [0.1, 0.15) is 11.3 Å². The molecular formula is C22H18Cl2N2O5. The van der Waals surface area contributed by atoms with Crippen LogP contribution in [0.4, 0.5) is 0 Å². The highest BCUT2D eigenvalue weighted by Crippen LogP contribution is 2.23. The van der Waals surface area contributed by atoms with Crippen molar-refractivity contribution in [3.8, 4) is 11.3 Å². The Labute approximate surface area is 185 Å². The molecule has 0 spiro atoms. The van der Waals surface area contributed by atoms with Crippen LogP contribution in [-0.2, 0) is 6.54 Å². The van der Waals surface area contributed by atoms with E-state index in [4.69, 9.17) is 34.7 Å². The standard InChI is InChI=1S/C22H17ClN2O.ClHO4/c1-15-4-9-21-19(11-15)20(25-14-16-3-2-10-24-13-16)12-22(26-21)17-5-7-18(23)8-6-17;2-1(3,4)5/h2-13H,14H2,1H3;(H,2,3,4,5). The highest BCUT2D eigenvalue weighted by molar-refractivity contribution is 6.30. The normalized spacial score (nSPS) is 11.9. The number of rotatable bonds is 3. The lowest BCUT2D eigenvalue weighted by atomic mass is 10.1. The van der Waals surface area contributed by atoms with Gasteiger partial charge >= 0.3 is 0 Å². The summed E-state index contributed by atoms with van der Waals surface area (Å²) in [5.74, 6) is 0.798. The summed E-state index contributed by atoms with van der Waals surface area (Å²) in [6.45, 7) is 2.78. The van der Waals surface area contributed by atoms with Crippen molar-refractivity contribution in [2.75, 3.05) is 0 Å². The van der Waals surface area contributed by atoms with E-state index in [0.29, 0.717) is 11.6 Å². The molecule has 0 atom stereocenters. The van der Waals surface area contributed by atoms with Gasteiger partial charge in [-0.15, -0.1) is 10.2 Å². The number of hydrogen-bond donors (Lipinski definition) is 1. The van der Waals surface area contributed by atoms with Crippen molar-refractivity contribution < 1.29 is 38.3 Å². The zero-order valence-electron chi connectivity index (χ0n) is 16.4. The van der Waals surface area contributed by atoms with Gasteiger partial charge in [-0.1, -0.05) is 23.2 Å². The lowest BCUT2D eigenvalue weighted by Crippen LogP contribution is -2.75. The third-order valence-electron chi connectivity index (χ3n) is 4.26. The van der Waals surface area contributed by atoms with Crippen LogP contribution in [0.5, 0.6) is 0 Å². The molecule has 0 saturated heterocycles. The molecule has 2 aromatic heterocycles. The van der Waals surface area contributed by atoms with Crippen LogP contribution >= 0.6 is 11.6 Å². The minimum atomic E-state index is -4.94.